The van der Waals surface area contributed by atoms with Crippen LogP contribution in [0.4, 0.5) is 0 Å². The van der Waals surface area contributed by atoms with Gasteiger partial charge in [0.1, 0.15) is 0 Å². The van der Waals surface area contributed by atoms with Gasteiger partial charge in [0.15, 0.2) is 0 Å². The van der Waals surface area contributed by atoms with Crippen LogP contribution in [0.1, 0.15) is 48.7 Å². The summed E-state index contributed by atoms with van der Waals surface area (Å²) in [6, 6.07) is 0.367. The first kappa shape index (κ1) is 17.9. The molecule has 0 aromatic carbocycles. The first-order valence-corrected chi connectivity index (χ1v) is 9.17. The highest BCUT2D eigenvalue weighted by Gasteiger charge is 2.31. The van der Waals surface area contributed by atoms with Crippen molar-refractivity contribution in [1.82, 2.24) is 14.7 Å². The van der Waals surface area contributed by atoms with Crippen LogP contribution in [0.2, 0.25) is 0 Å². The van der Waals surface area contributed by atoms with Crippen LogP contribution in [-0.4, -0.2) is 64.9 Å². The van der Waals surface area contributed by atoms with E-state index in [0.717, 1.165) is 38.1 Å². The summed E-state index contributed by atoms with van der Waals surface area (Å²) >= 11 is 0. The summed E-state index contributed by atoms with van der Waals surface area (Å²) in [5, 5.41) is 14.9. The number of aromatic nitrogens is 2. The lowest BCUT2D eigenvalue weighted by Crippen LogP contribution is -2.35. The number of aryl methyl sites for hydroxylation is 2. The summed E-state index contributed by atoms with van der Waals surface area (Å²) < 4.78 is 13.2. The molecule has 0 radical (unpaired) electrons. The Balaban J connectivity index is 1.51. The van der Waals surface area contributed by atoms with Crippen molar-refractivity contribution in [3.63, 3.8) is 0 Å². The van der Waals surface area contributed by atoms with Crippen molar-refractivity contribution >= 4 is 0 Å². The molecule has 2 aliphatic rings. The maximum absolute atomic E-state index is 10.4. The number of aliphatic hydroxyl groups is 1. The molecule has 1 aromatic heterocycles. The molecule has 2 saturated heterocycles. The van der Waals surface area contributed by atoms with E-state index in [4.69, 9.17) is 9.47 Å². The molecule has 1 aromatic rings. The molecular weight excluding hydrogens is 306 g/mol. The Bertz CT molecular complexity index is 540. The Morgan fingerprint density at radius 3 is 2.83 bits per heavy atom. The minimum atomic E-state index is -0.454. The Labute approximate surface area is 144 Å². The van der Waals surface area contributed by atoms with Crippen LogP contribution in [0.15, 0.2) is 0 Å². The van der Waals surface area contributed by atoms with E-state index in [9.17, 15) is 5.11 Å². The third kappa shape index (κ3) is 3.99. The second-order valence-electron chi connectivity index (χ2n) is 7.19. The van der Waals surface area contributed by atoms with E-state index >= 15 is 0 Å². The van der Waals surface area contributed by atoms with E-state index in [-0.39, 0.29) is 6.10 Å². The summed E-state index contributed by atoms with van der Waals surface area (Å²) in [4.78, 5) is 2.39. The molecule has 3 heterocycles. The molecule has 2 fully saturated rings. The molecule has 0 amide bonds. The van der Waals surface area contributed by atoms with E-state index < -0.39 is 6.10 Å². The number of hydrogen-bond donors (Lipinski definition) is 1. The summed E-state index contributed by atoms with van der Waals surface area (Å²) in [6.07, 6.45) is 4.26. The van der Waals surface area contributed by atoms with Crippen molar-refractivity contribution in [3.8, 4) is 0 Å². The minimum Gasteiger partial charge on any atom is -0.389 e. The summed E-state index contributed by atoms with van der Waals surface area (Å²) in [5.74, 6) is 0. The van der Waals surface area contributed by atoms with Gasteiger partial charge in [0.25, 0.3) is 0 Å². The van der Waals surface area contributed by atoms with Crippen molar-refractivity contribution in [2.45, 2.75) is 57.8 Å². The zero-order valence-electron chi connectivity index (χ0n) is 15.2. The van der Waals surface area contributed by atoms with Gasteiger partial charge in [-0.15, -0.1) is 0 Å². The van der Waals surface area contributed by atoms with E-state index in [1.807, 2.05) is 11.7 Å². The number of hydrogen-bond acceptors (Lipinski definition) is 5. The zero-order chi connectivity index (χ0) is 17.1. The molecular formula is C18H31N3O3. The topological polar surface area (TPSA) is 59.8 Å². The van der Waals surface area contributed by atoms with Gasteiger partial charge in [-0.3, -0.25) is 9.58 Å². The first-order chi connectivity index (χ1) is 11.6. The number of β-amino-alcohol motifs (C(OH)–C–C–N with tert-alkyl or cyclic N) is 1. The molecule has 6 heteroatoms. The van der Waals surface area contributed by atoms with Crippen molar-refractivity contribution < 1.29 is 14.6 Å². The molecule has 3 atom stereocenters. The predicted molar refractivity (Wildman–Crippen MR) is 92.0 cm³/mol. The maximum Gasteiger partial charge on any atom is 0.0900 e. The number of likely N-dealkylation sites (tertiary alicyclic amines) is 1. The molecule has 24 heavy (non-hydrogen) atoms. The fraction of sp³-hybridized carbons (Fsp3) is 0.833. The fourth-order valence-corrected chi connectivity index (χ4v) is 4.08. The van der Waals surface area contributed by atoms with E-state index in [1.54, 1.807) is 0 Å². The van der Waals surface area contributed by atoms with Gasteiger partial charge in [0, 0.05) is 37.5 Å². The molecule has 3 rings (SSSR count). The van der Waals surface area contributed by atoms with Gasteiger partial charge < -0.3 is 14.6 Å². The molecule has 0 aliphatic carbocycles. The lowest BCUT2D eigenvalue weighted by Gasteiger charge is -2.27. The van der Waals surface area contributed by atoms with Gasteiger partial charge in [-0.1, -0.05) is 0 Å². The van der Waals surface area contributed by atoms with E-state index in [0.29, 0.717) is 25.8 Å². The summed E-state index contributed by atoms with van der Waals surface area (Å²) in [6.45, 7) is 7.73. The second kappa shape index (κ2) is 7.95. The molecule has 6 nitrogen and oxygen atoms in total. The Morgan fingerprint density at radius 2 is 2.17 bits per heavy atom. The number of nitrogens with zero attached hydrogens (tertiary/aromatic N) is 3. The van der Waals surface area contributed by atoms with Gasteiger partial charge in [-0.2, -0.15) is 5.10 Å². The van der Waals surface area contributed by atoms with Crippen LogP contribution in [-0.2, 0) is 16.5 Å². The average molecular weight is 337 g/mol. The largest absolute Gasteiger partial charge is 0.389 e. The summed E-state index contributed by atoms with van der Waals surface area (Å²) in [7, 11) is 2.00. The van der Waals surface area contributed by atoms with Crippen molar-refractivity contribution in [1.29, 1.82) is 0 Å². The Kier molecular flexibility index (Phi) is 5.92. The lowest BCUT2D eigenvalue weighted by atomic mass is 10.0. The molecule has 2 aliphatic heterocycles. The van der Waals surface area contributed by atoms with Crippen LogP contribution >= 0.6 is 0 Å². The van der Waals surface area contributed by atoms with Crippen LogP contribution in [0.5, 0.6) is 0 Å². The monoisotopic (exact) mass is 337 g/mol. The fourth-order valence-electron chi connectivity index (χ4n) is 4.08. The Morgan fingerprint density at radius 1 is 1.33 bits per heavy atom. The molecule has 1 N–H and O–H groups in total. The lowest BCUT2D eigenvalue weighted by molar-refractivity contribution is -0.0262. The van der Waals surface area contributed by atoms with E-state index in [1.165, 1.54) is 17.7 Å². The highest BCUT2D eigenvalue weighted by Crippen LogP contribution is 2.35. The van der Waals surface area contributed by atoms with Crippen molar-refractivity contribution in [3.05, 3.63) is 17.0 Å². The van der Waals surface area contributed by atoms with Gasteiger partial charge >= 0.3 is 0 Å². The molecule has 0 bridgehead atoms. The normalized spacial score (nSPS) is 26.3. The SMILES string of the molecule is Cc1nn(C)c(C)c1C1CCCN1CC(O)COCC1CCCO1. The molecule has 0 spiro atoms. The zero-order valence-corrected chi connectivity index (χ0v) is 15.2. The minimum absolute atomic E-state index is 0.220. The number of aliphatic hydroxyl groups excluding tert-OH is 1. The molecule has 3 unspecified atom stereocenters. The smallest absolute Gasteiger partial charge is 0.0900 e. The van der Waals surface area contributed by atoms with Gasteiger partial charge in [-0.05, 0) is 46.1 Å². The second-order valence-corrected chi connectivity index (χ2v) is 7.19. The number of rotatable bonds is 7. The number of ether oxygens (including phenoxy) is 2. The van der Waals surface area contributed by atoms with Crippen LogP contribution < -0.4 is 0 Å². The first-order valence-electron chi connectivity index (χ1n) is 9.17. The summed E-state index contributed by atoms with van der Waals surface area (Å²) in [5.41, 5.74) is 3.67. The highest BCUT2D eigenvalue weighted by molar-refractivity contribution is 5.29. The molecule has 136 valence electrons. The third-order valence-electron chi connectivity index (χ3n) is 5.35. The van der Waals surface area contributed by atoms with Gasteiger partial charge in [0.2, 0.25) is 0 Å². The average Bonchev–Trinajstić information content (AvgIpc) is 3.24. The van der Waals surface area contributed by atoms with Crippen molar-refractivity contribution in [2.24, 2.45) is 7.05 Å². The predicted octanol–water partition coefficient (Wildman–Crippen LogP) is 1.73. The maximum atomic E-state index is 10.4. The quantitative estimate of drug-likeness (QED) is 0.821. The van der Waals surface area contributed by atoms with Gasteiger partial charge in [0.05, 0.1) is 31.1 Å². The highest BCUT2D eigenvalue weighted by atomic mass is 16.5. The van der Waals surface area contributed by atoms with Crippen LogP contribution in [0, 0.1) is 13.8 Å². The van der Waals surface area contributed by atoms with Crippen LogP contribution in [0.3, 0.4) is 0 Å². The van der Waals surface area contributed by atoms with Gasteiger partial charge in [-0.25, -0.2) is 0 Å². The van der Waals surface area contributed by atoms with Crippen molar-refractivity contribution in [2.75, 3.05) is 32.9 Å². The van der Waals surface area contributed by atoms with E-state index in [2.05, 4.69) is 23.8 Å². The standard InChI is InChI=1S/C18H31N3O3/c1-13-18(14(2)20(3)19-13)17-7-4-8-21(17)10-15(22)11-23-12-16-6-5-9-24-16/h15-17,22H,4-12H2,1-3H3. The van der Waals surface area contributed by atoms with Crippen LogP contribution in [0.25, 0.3) is 0 Å². The Hall–Kier alpha value is -0.950. The third-order valence-corrected chi connectivity index (χ3v) is 5.35. The molecule has 0 saturated carbocycles.